The second kappa shape index (κ2) is 10.5. The van der Waals surface area contributed by atoms with Crippen LogP contribution in [0.25, 0.3) is 0 Å². The zero-order chi connectivity index (χ0) is 18.8. The number of rotatable bonds is 10. The number of Topliss-reactive ketones (excluding diaryl/α,β-unsaturated/α-hetero) is 1. The highest BCUT2D eigenvalue weighted by Gasteiger charge is 2.13. The van der Waals surface area contributed by atoms with Crippen molar-refractivity contribution in [2.75, 3.05) is 13.1 Å². The number of amides is 3. The van der Waals surface area contributed by atoms with E-state index in [2.05, 4.69) is 10.6 Å². The van der Waals surface area contributed by atoms with Gasteiger partial charge in [-0.1, -0.05) is 11.6 Å². The molecule has 0 radical (unpaired) electrons. The minimum atomic E-state index is -0.619. The number of benzene rings is 1. The molecule has 0 fully saturated rings. The van der Waals surface area contributed by atoms with E-state index in [0.717, 1.165) is 0 Å². The predicted octanol–water partition coefficient (Wildman–Crippen LogP) is 0.973. The van der Waals surface area contributed by atoms with Gasteiger partial charge in [-0.25, -0.2) is 0 Å². The molecule has 0 aliphatic carbocycles. The van der Waals surface area contributed by atoms with Crippen LogP contribution in [-0.4, -0.2) is 36.6 Å². The fraction of sp³-hybridized carbons (Fsp3) is 0.412. The number of halogens is 1. The van der Waals surface area contributed by atoms with Crippen LogP contribution in [0, 0.1) is 0 Å². The molecule has 0 saturated carbocycles. The molecule has 0 unspecified atom stereocenters. The van der Waals surface area contributed by atoms with Crippen molar-refractivity contribution in [3.8, 4) is 0 Å². The number of carbonyl (C=O) groups excluding carboxylic acids is 4. The highest BCUT2D eigenvalue weighted by atomic mass is 35.5. The van der Waals surface area contributed by atoms with Gasteiger partial charge in [-0.15, -0.1) is 0 Å². The molecular weight excluding hydrogens is 346 g/mol. The Hall–Kier alpha value is -2.41. The van der Waals surface area contributed by atoms with Gasteiger partial charge in [-0.2, -0.15) is 0 Å². The van der Waals surface area contributed by atoms with Crippen molar-refractivity contribution >= 4 is 35.1 Å². The number of ketones is 1. The van der Waals surface area contributed by atoms with Crippen molar-refractivity contribution in [1.29, 1.82) is 0 Å². The second-order valence-electron chi connectivity index (χ2n) is 5.55. The lowest BCUT2D eigenvalue weighted by Gasteiger charge is -2.10. The SMILES string of the molecule is CC(=O)NCCCC(=O)c1ccc(Cl)cc1CCC(=O)NCC(N)=O. The number of hydrogen-bond donors (Lipinski definition) is 3. The Morgan fingerprint density at radius 1 is 1.12 bits per heavy atom. The van der Waals surface area contributed by atoms with Gasteiger partial charge < -0.3 is 16.4 Å². The second-order valence-corrected chi connectivity index (χ2v) is 5.99. The smallest absolute Gasteiger partial charge is 0.236 e. The summed E-state index contributed by atoms with van der Waals surface area (Å²) in [6.07, 6.45) is 1.24. The van der Waals surface area contributed by atoms with Gasteiger partial charge >= 0.3 is 0 Å². The van der Waals surface area contributed by atoms with Crippen LogP contribution < -0.4 is 16.4 Å². The molecule has 0 aliphatic rings. The molecule has 3 amide bonds. The normalized spacial score (nSPS) is 10.2. The van der Waals surface area contributed by atoms with Crippen LogP contribution in [-0.2, 0) is 20.8 Å². The Morgan fingerprint density at radius 3 is 2.48 bits per heavy atom. The van der Waals surface area contributed by atoms with Crippen LogP contribution in [0.5, 0.6) is 0 Å². The number of aryl methyl sites for hydroxylation is 1. The third-order valence-electron chi connectivity index (χ3n) is 3.40. The van der Waals surface area contributed by atoms with E-state index >= 15 is 0 Å². The maximum atomic E-state index is 12.4. The van der Waals surface area contributed by atoms with Gasteiger partial charge in [-0.05, 0) is 36.6 Å². The molecule has 0 atom stereocenters. The Kier molecular flexibility index (Phi) is 8.63. The fourth-order valence-corrected chi connectivity index (χ4v) is 2.41. The van der Waals surface area contributed by atoms with Crippen molar-refractivity contribution in [3.05, 3.63) is 34.3 Å². The van der Waals surface area contributed by atoms with Gasteiger partial charge in [0.2, 0.25) is 17.7 Å². The summed E-state index contributed by atoms with van der Waals surface area (Å²) >= 11 is 5.98. The molecule has 0 aliphatic heterocycles. The average molecular weight is 368 g/mol. The van der Waals surface area contributed by atoms with Crippen molar-refractivity contribution in [3.63, 3.8) is 0 Å². The summed E-state index contributed by atoms with van der Waals surface area (Å²) in [6.45, 7) is 1.63. The van der Waals surface area contributed by atoms with Gasteiger partial charge in [0, 0.05) is 36.9 Å². The highest BCUT2D eigenvalue weighted by molar-refractivity contribution is 6.30. The minimum Gasteiger partial charge on any atom is -0.368 e. The van der Waals surface area contributed by atoms with E-state index in [4.69, 9.17) is 17.3 Å². The molecule has 0 bridgehead atoms. The molecule has 0 saturated heterocycles. The largest absolute Gasteiger partial charge is 0.368 e. The summed E-state index contributed by atoms with van der Waals surface area (Å²) in [7, 11) is 0. The van der Waals surface area contributed by atoms with Crippen molar-refractivity contribution < 1.29 is 19.2 Å². The lowest BCUT2D eigenvalue weighted by atomic mass is 9.97. The first-order chi connectivity index (χ1) is 11.8. The summed E-state index contributed by atoms with van der Waals surface area (Å²) in [5, 5.41) is 5.51. The molecular formula is C17H22ClN3O4. The molecule has 1 aromatic rings. The number of nitrogens with two attached hydrogens (primary N) is 1. The highest BCUT2D eigenvalue weighted by Crippen LogP contribution is 2.19. The van der Waals surface area contributed by atoms with Crippen LogP contribution in [0.1, 0.15) is 42.1 Å². The molecule has 25 heavy (non-hydrogen) atoms. The molecule has 0 aromatic heterocycles. The summed E-state index contributed by atoms with van der Waals surface area (Å²) in [5.41, 5.74) is 6.15. The molecule has 8 heteroatoms. The number of hydrogen-bond acceptors (Lipinski definition) is 4. The Morgan fingerprint density at radius 2 is 1.84 bits per heavy atom. The first-order valence-electron chi connectivity index (χ1n) is 7.90. The third kappa shape index (κ3) is 8.30. The Balaban J connectivity index is 2.65. The molecule has 136 valence electrons. The Labute approximate surface area is 151 Å². The van der Waals surface area contributed by atoms with Crippen LogP contribution in [0.4, 0.5) is 0 Å². The van der Waals surface area contributed by atoms with Crippen LogP contribution >= 0.6 is 11.6 Å². The molecule has 1 rings (SSSR count). The van der Waals surface area contributed by atoms with Crippen molar-refractivity contribution in [2.24, 2.45) is 5.73 Å². The molecule has 0 spiro atoms. The average Bonchev–Trinajstić information content (AvgIpc) is 2.54. The van der Waals surface area contributed by atoms with Crippen LogP contribution in [0.2, 0.25) is 5.02 Å². The summed E-state index contributed by atoms with van der Waals surface area (Å²) in [6, 6.07) is 4.92. The summed E-state index contributed by atoms with van der Waals surface area (Å²) in [4.78, 5) is 45.5. The van der Waals surface area contributed by atoms with Gasteiger partial charge in [0.15, 0.2) is 5.78 Å². The predicted molar refractivity (Wildman–Crippen MR) is 94.2 cm³/mol. The zero-order valence-corrected chi connectivity index (χ0v) is 14.8. The third-order valence-corrected chi connectivity index (χ3v) is 3.64. The topological polar surface area (TPSA) is 118 Å². The lowest BCUT2D eigenvalue weighted by Crippen LogP contribution is -2.33. The number of primary amides is 1. The van der Waals surface area contributed by atoms with Gasteiger partial charge in [0.1, 0.15) is 0 Å². The van der Waals surface area contributed by atoms with E-state index in [9.17, 15) is 19.2 Å². The molecule has 0 heterocycles. The minimum absolute atomic E-state index is 0.0745. The van der Waals surface area contributed by atoms with Gasteiger partial charge in [0.25, 0.3) is 0 Å². The first-order valence-corrected chi connectivity index (χ1v) is 8.28. The van der Waals surface area contributed by atoms with Crippen LogP contribution in [0.3, 0.4) is 0 Å². The van der Waals surface area contributed by atoms with E-state index in [-0.39, 0.29) is 37.0 Å². The van der Waals surface area contributed by atoms with E-state index in [0.29, 0.717) is 35.5 Å². The number of carbonyl (C=O) groups is 4. The van der Waals surface area contributed by atoms with Gasteiger partial charge in [-0.3, -0.25) is 19.2 Å². The van der Waals surface area contributed by atoms with Gasteiger partial charge in [0.05, 0.1) is 6.54 Å². The van der Waals surface area contributed by atoms with E-state index < -0.39 is 5.91 Å². The maximum absolute atomic E-state index is 12.4. The Bertz CT molecular complexity index is 661. The van der Waals surface area contributed by atoms with Crippen molar-refractivity contribution in [1.82, 2.24) is 10.6 Å². The van der Waals surface area contributed by atoms with E-state index in [1.807, 2.05) is 0 Å². The van der Waals surface area contributed by atoms with E-state index in [1.54, 1.807) is 18.2 Å². The lowest BCUT2D eigenvalue weighted by molar-refractivity contribution is -0.124. The zero-order valence-electron chi connectivity index (χ0n) is 14.1. The maximum Gasteiger partial charge on any atom is 0.236 e. The monoisotopic (exact) mass is 367 g/mol. The molecule has 7 nitrogen and oxygen atoms in total. The number of nitrogens with one attached hydrogen (secondary N) is 2. The quantitative estimate of drug-likeness (QED) is 0.421. The summed E-state index contributed by atoms with van der Waals surface area (Å²) < 4.78 is 0. The summed E-state index contributed by atoms with van der Waals surface area (Å²) in [5.74, 6) is -1.16. The van der Waals surface area contributed by atoms with Crippen LogP contribution in [0.15, 0.2) is 18.2 Å². The van der Waals surface area contributed by atoms with Crippen molar-refractivity contribution in [2.45, 2.75) is 32.6 Å². The fourth-order valence-electron chi connectivity index (χ4n) is 2.21. The first kappa shape index (κ1) is 20.6. The van der Waals surface area contributed by atoms with E-state index in [1.165, 1.54) is 6.92 Å². The standard InChI is InChI=1S/C17H22ClN3O4/c1-11(22)20-8-2-3-15(23)14-6-5-13(18)9-12(14)4-7-17(25)21-10-16(19)24/h5-6,9H,2-4,7-8,10H2,1H3,(H2,19,24)(H,20,22)(H,21,25). The molecule has 4 N–H and O–H groups in total. The molecule has 1 aromatic carbocycles.